The highest BCUT2D eigenvalue weighted by Gasteiger charge is 2.48. The summed E-state index contributed by atoms with van der Waals surface area (Å²) >= 11 is 0. The smallest absolute Gasteiger partial charge is 0.325 e. The molecule has 124 valence electrons. The Kier molecular flexibility index (Phi) is 3.89. The van der Waals surface area contributed by atoms with Gasteiger partial charge in [-0.15, -0.1) is 0 Å². The second-order valence-electron chi connectivity index (χ2n) is 5.92. The minimum atomic E-state index is -1.09. The van der Waals surface area contributed by atoms with Gasteiger partial charge in [0.2, 0.25) is 0 Å². The quantitative estimate of drug-likeness (QED) is 0.667. The van der Waals surface area contributed by atoms with E-state index in [9.17, 15) is 9.59 Å². The molecule has 0 spiro atoms. The predicted molar refractivity (Wildman–Crippen MR) is 90.3 cm³/mol. The van der Waals surface area contributed by atoms with Crippen LogP contribution in [-0.4, -0.2) is 23.9 Å². The van der Waals surface area contributed by atoms with Crippen molar-refractivity contribution < 1.29 is 14.3 Å². The minimum absolute atomic E-state index is 0.205. The Hall–Kier alpha value is -3.02. The van der Waals surface area contributed by atoms with Gasteiger partial charge >= 0.3 is 6.03 Å². The lowest BCUT2D eigenvalue weighted by atomic mass is 9.92. The molecule has 24 heavy (non-hydrogen) atoms. The van der Waals surface area contributed by atoms with Gasteiger partial charge in [0, 0.05) is 5.69 Å². The van der Waals surface area contributed by atoms with E-state index in [2.05, 4.69) is 5.32 Å². The summed E-state index contributed by atoms with van der Waals surface area (Å²) in [6, 6.07) is 13.8. The Morgan fingerprint density at radius 2 is 1.71 bits per heavy atom. The van der Waals surface area contributed by atoms with Crippen molar-refractivity contribution in [2.24, 2.45) is 0 Å². The third kappa shape index (κ3) is 2.67. The number of anilines is 1. The molecule has 0 radical (unpaired) electrons. The van der Waals surface area contributed by atoms with Gasteiger partial charge in [-0.3, -0.25) is 9.69 Å². The summed E-state index contributed by atoms with van der Waals surface area (Å²) in [5.41, 5.74) is 6.76. The molecule has 0 aromatic heterocycles. The van der Waals surface area contributed by atoms with Crippen molar-refractivity contribution in [3.05, 3.63) is 59.7 Å². The van der Waals surface area contributed by atoms with Crippen LogP contribution >= 0.6 is 0 Å². The lowest BCUT2D eigenvalue weighted by Gasteiger charge is -2.22. The molecule has 2 aromatic rings. The fourth-order valence-electron chi connectivity index (χ4n) is 2.77. The predicted octanol–water partition coefficient (Wildman–Crippen LogP) is 2.24. The highest BCUT2D eigenvalue weighted by molar-refractivity contribution is 6.07. The molecule has 1 fully saturated rings. The van der Waals surface area contributed by atoms with E-state index in [0.717, 1.165) is 5.56 Å². The van der Waals surface area contributed by atoms with Gasteiger partial charge in [0.15, 0.2) is 0 Å². The first kappa shape index (κ1) is 15.9. The summed E-state index contributed by atoms with van der Waals surface area (Å²) in [7, 11) is 1.58. The number of nitrogen functional groups attached to an aromatic ring is 1. The molecule has 1 aliphatic rings. The van der Waals surface area contributed by atoms with Crippen molar-refractivity contribution in [2.45, 2.75) is 19.0 Å². The summed E-state index contributed by atoms with van der Waals surface area (Å²) in [4.78, 5) is 26.4. The molecule has 6 heteroatoms. The number of ether oxygens (including phenoxy) is 1. The zero-order valence-corrected chi connectivity index (χ0v) is 13.6. The number of nitrogens with two attached hydrogens (primary N) is 1. The molecule has 3 N–H and O–H groups in total. The van der Waals surface area contributed by atoms with E-state index in [0.29, 0.717) is 17.0 Å². The van der Waals surface area contributed by atoms with Crippen LogP contribution in [0.25, 0.3) is 0 Å². The lowest BCUT2D eigenvalue weighted by molar-refractivity contribution is -0.131. The number of amides is 3. The number of carbonyl (C=O) groups excluding carboxylic acids is 2. The molecular weight excluding hydrogens is 306 g/mol. The van der Waals surface area contributed by atoms with E-state index < -0.39 is 11.6 Å². The van der Waals surface area contributed by atoms with E-state index in [1.54, 1.807) is 62.6 Å². The summed E-state index contributed by atoms with van der Waals surface area (Å²) in [6.07, 6.45) is 0. The highest BCUT2D eigenvalue weighted by atomic mass is 16.5. The number of imide groups is 1. The SMILES string of the molecule is COc1ccc(C2(C)NC(=O)N(Cc3ccc(N)cc3)C2=O)cc1. The summed E-state index contributed by atoms with van der Waals surface area (Å²) in [6.45, 7) is 1.91. The second-order valence-corrected chi connectivity index (χ2v) is 5.92. The van der Waals surface area contributed by atoms with Gasteiger partial charge in [-0.2, -0.15) is 0 Å². The largest absolute Gasteiger partial charge is 0.497 e. The van der Waals surface area contributed by atoms with E-state index in [4.69, 9.17) is 10.5 Å². The Balaban J connectivity index is 1.85. The van der Waals surface area contributed by atoms with E-state index >= 15 is 0 Å². The van der Waals surface area contributed by atoms with Crippen LogP contribution in [0.15, 0.2) is 48.5 Å². The number of benzene rings is 2. The minimum Gasteiger partial charge on any atom is -0.497 e. The molecule has 0 saturated carbocycles. The van der Waals surface area contributed by atoms with E-state index in [1.165, 1.54) is 4.90 Å². The molecule has 1 saturated heterocycles. The zero-order chi connectivity index (χ0) is 17.3. The number of urea groups is 1. The highest BCUT2D eigenvalue weighted by Crippen LogP contribution is 2.30. The average Bonchev–Trinajstić information content (AvgIpc) is 2.81. The van der Waals surface area contributed by atoms with Crippen molar-refractivity contribution in [2.75, 3.05) is 12.8 Å². The maximum atomic E-state index is 12.9. The van der Waals surface area contributed by atoms with E-state index in [-0.39, 0.29) is 12.5 Å². The third-order valence-corrected chi connectivity index (χ3v) is 4.26. The maximum Gasteiger partial charge on any atom is 0.325 e. The maximum absolute atomic E-state index is 12.9. The Morgan fingerprint density at radius 3 is 2.29 bits per heavy atom. The lowest BCUT2D eigenvalue weighted by Crippen LogP contribution is -2.40. The molecule has 3 rings (SSSR count). The first-order chi connectivity index (χ1) is 11.4. The van der Waals surface area contributed by atoms with Crippen LogP contribution in [0.3, 0.4) is 0 Å². The van der Waals surface area contributed by atoms with Gasteiger partial charge in [-0.25, -0.2) is 4.79 Å². The Morgan fingerprint density at radius 1 is 1.08 bits per heavy atom. The molecule has 2 aromatic carbocycles. The zero-order valence-electron chi connectivity index (χ0n) is 13.6. The summed E-state index contributed by atoms with van der Waals surface area (Å²) < 4.78 is 5.13. The molecule has 0 bridgehead atoms. The molecule has 0 aliphatic carbocycles. The second kappa shape index (κ2) is 5.88. The van der Waals surface area contributed by atoms with Crippen molar-refractivity contribution in [1.82, 2.24) is 10.2 Å². The normalized spacial score (nSPS) is 20.2. The van der Waals surface area contributed by atoms with Crippen molar-refractivity contribution in [3.8, 4) is 5.75 Å². The standard InChI is InChI=1S/C18H19N3O3/c1-18(13-5-9-15(24-2)10-6-13)16(22)21(17(23)20-18)11-12-3-7-14(19)8-4-12/h3-10H,11,19H2,1-2H3,(H,20,23). The number of nitrogens with one attached hydrogen (secondary N) is 1. The fraction of sp³-hybridized carbons (Fsp3) is 0.222. The van der Waals surface area contributed by atoms with Crippen molar-refractivity contribution in [3.63, 3.8) is 0 Å². The molecule has 6 nitrogen and oxygen atoms in total. The van der Waals surface area contributed by atoms with Crippen LogP contribution in [0.4, 0.5) is 10.5 Å². The number of methoxy groups -OCH3 is 1. The van der Waals surface area contributed by atoms with Gasteiger partial charge in [0.25, 0.3) is 5.91 Å². The van der Waals surface area contributed by atoms with Gasteiger partial charge < -0.3 is 15.8 Å². The number of carbonyl (C=O) groups is 2. The third-order valence-electron chi connectivity index (χ3n) is 4.26. The van der Waals surface area contributed by atoms with Crippen LogP contribution in [0.2, 0.25) is 0 Å². The van der Waals surface area contributed by atoms with Crippen LogP contribution in [0, 0.1) is 0 Å². The first-order valence-electron chi connectivity index (χ1n) is 7.57. The molecule has 1 atom stereocenters. The average molecular weight is 325 g/mol. The molecule has 1 aliphatic heterocycles. The number of nitrogens with zero attached hydrogens (tertiary/aromatic N) is 1. The first-order valence-corrected chi connectivity index (χ1v) is 7.57. The van der Waals surface area contributed by atoms with Crippen molar-refractivity contribution in [1.29, 1.82) is 0 Å². The Bertz CT molecular complexity index is 771. The monoisotopic (exact) mass is 325 g/mol. The van der Waals surface area contributed by atoms with Gasteiger partial charge in [-0.1, -0.05) is 24.3 Å². The van der Waals surface area contributed by atoms with Crippen molar-refractivity contribution >= 4 is 17.6 Å². The molecule has 1 heterocycles. The molecule has 1 unspecified atom stereocenters. The fourth-order valence-corrected chi connectivity index (χ4v) is 2.77. The topological polar surface area (TPSA) is 84.7 Å². The summed E-state index contributed by atoms with van der Waals surface area (Å²) in [5.74, 6) is 0.410. The van der Waals surface area contributed by atoms with Gasteiger partial charge in [-0.05, 0) is 42.3 Å². The van der Waals surface area contributed by atoms with E-state index in [1.807, 2.05) is 0 Å². The van der Waals surface area contributed by atoms with Crippen LogP contribution in [0.5, 0.6) is 5.75 Å². The van der Waals surface area contributed by atoms with Gasteiger partial charge in [0.05, 0.1) is 13.7 Å². The molecular formula is C18H19N3O3. The Labute approximate surface area is 140 Å². The summed E-state index contributed by atoms with van der Waals surface area (Å²) in [5, 5.41) is 2.79. The van der Waals surface area contributed by atoms with Crippen LogP contribution in [0.1, 0.15) is 18.1 Å². The number of hydrogen-bond acceptors (Lipinski definition) is 4. The number of rotatable bonds is 4. The van der Waals surface area contributed by atoms with Gasteiger partial charge in [0.1, 0.15) is 11.3 Å². The van der Waals surface area contributed by atoms with Crippen LogP contribution < -0.4 is 15.8 Å². The molecule has 3 amide bonds. The number of hydrogen-bond donors (Lipinski definition) is 2. The van der Waals surface area contributed by atoms with Crippen LogP contribution in [-0.2, 0) is 16.9 Å².